The Hall–Kier alpha value is -1.03. The fraction of sp³-hybridized carbons (Fsp3) is 0.455. The molecule has 9 heteroatoms. The number of hydrogen-bond acceptors (Lipinski definition) is 5. The first-order valence-electron chi connectivity index (χ1n) is 5.63. The summed E-state index contributed by atoms with van der Waals surface area (Å²) in [6.45, 7) is 3.20. The van der Waals surface area contributed by atoms with Crippen LogP contribution in [0.4, 0.5) is 4.39 Å². The van der Waals surface area contributed by atoms with Crippen molar-refractivity contribution >= 4 is 19.9 Å². The van der Waals surface area contributed by atoms with Gasteiger partial charge in [0, 0.05) is 18.3 Å². The van der Waals surface area contributed by atoms with E-state index >= 15 is 0 Å². The Morgan fingerprint density at radius 2 is 1.80 bits per heavy atom. The van der Waals surface area contributed by atoms with Crippen LogP contribution in [-0.4, -0.2) is 35.2 Å². The largest absolute Gasteiger partial charge is 0.329 e. The van der Waals surface area contributed by atoms with Gasteiger partial charge in [-0.25, -0.2) is 25.9 Å². The highest BCUT2D eigenvalue weighted by atomic mass is 32.2. The van der Waals surface area contributed by atoms with Gasteiger partial charge in [-0.1, -0.05) is 0 Å². The lowest BCUT2D eigenvalue weighted by Crippen LogP contribution is -2.48. The molecule has 0 spiro atoms. The molecule has 0 atom stereocenters. The van der Waals surface area contributed by atoms with Gasteiger partial charge >= 0.3 is 0 Å². The summed E-state index contributed by atoms with van der Waals surface area (Å²) in [5, 5.41) is 0. The number of nitrogens with two attached hydrogens (primary N) is 1. The summed E-state index contributed by atoms with van der Waals surface area (Å²) in [6.07, 6.45) is 0.843. The summed E-state index contributed by atoms with van der Waals surface area (Å²) in [5.41, 5.74) is 4.52. The van der Waals surface area contributed by atoms with Crippen molar-refractivity contribution in [1.82, 2.24) is 4.72 Å². The van der Waals surface area contributed by atoms with Crippen LogP contribution in [-0.2, 0) is 19.9 Å². The smallest absolute Gasteiger partial charge is 0.241 e. The van der Waals surface area contributed by atoms with Gasteiger partial charge in [-0.05, 0) is 32.0 Å². The molecule has 0 fully saturated rings. The number of benzene rings is 1. The molecule has 6 nitrogen and oxygen atoms in total. The zero-order valence-electron chi connectivity index (χ0n) is 11.3. The summed E-state index contributed by atoms with van der Waals surface area (Å²) in [7, 11) is -7.73. The predicted octanol–water partition coefficient (Wildman–Crippen LogP) is 0.245. The Bertz CT molecular complexity index is 712. The lowest BCUT2D eigenvalue weighted by molar-refractivity contribution is 0.462. The van der Waals surface area contributed by atoms with E-state index in [1.54, 1.807) is 13.8 Å². The predicted molar refractivity (Wildman–Crippen MR) is 73.0 cm³/mol. The average molecular weight is 324 g/mol. The van der Waals surface area contributed by atoms with E-state index in [0.717, 1.165) is 18.4 Å². The summed E-state index contributed by atoms with van der Waals surface area (Å²) >= 11 is 0. The van der Waals surface area contributed by atoms with Crippen LogP contribution in [0.15, 0.2) is 28.0 Å². The van der Waals surface area contributed by atoms with Crippen LogP contribution in [0.5, 0.6) is 0 Å². The highest BCUT2D eigenvalue weighted by Gasteiger charge is 2.26. The fourth-order valence-electron chi connectivity index (χ4n) is 1.41. The molecule has 0 aromatic heterocycles. The molecule has 0 saturated carbocycles. The van der Waals surface area contributed by atoms with Gasteiger partial charge in [0.25, 0.3) is 0 Å². The first kappa shape index (κ1) is 17.0. The third kappa shape index (κ3) is 3.98. The molecule has 0 aliphatic heterocycles. The first-order chi connectivity index (χ1) is 8.89. The van der Waals surface area contributed by atoms with Crippen molar-refractivity contribution in [2.45, 2.75) is 29.2 Å². The number of sulfone groups is 1. The molecule has 0 radical (unpaired) electrons. The molecule has 3 N–H and O–H groups in total. The maximum absolute atomic E-state index is 13.7. The molecule has 0 heterocycles. The fourth-order valence-corrected chi connectivity index (χ4v) is 3.58. The number of nitrogens with one attached hydrogen (secondary N) is 1. The van der Waals surface area contributed by atoms with E-state index in [4.69, 9.17) is 5.73 Å². The second-order valence-corrected chi connectivity index (χ2v) is 8.72. The van der Waals surface area contributed by atoms with Crippen molar-refractivity contribution < 1.29 is 21.2 Å². The quantitative estimate of drug-likeness (QED) is 0.807. The van der Waals surface area contributed by atoms with E-state index in [1.807, 2.05) is 0 Å². The molecule has 1 aromatic rings. The van der Waals surface area contributed by atoms with E-state index in [-0.39, 0.29) is 11.4 Å². The second-order valence-electron chi connectivity index (χ2n) is 5.06. The van der Waals surface area contributed by atoms with E-state index < -0.39 is 36.1 Å². The van der Waals surface area contributed by atoms with Crippen LogP contribution in [0.25, 0.3) is 0 Å². The number of sulfonamides is 1. The van der Waals surface area contributed by atoms with E-state index in [2.05, 4.69) is 4.72 Å². The second kappa shape index (κ2) is 5.40. The first-order valence-corrected chi connectivity index (χ1v) is 9.00. The zero-order chi connectivity index (χ0) is 15.8. The van der Waals surface area contributed by atoms with Gasteiger partial charge in [0.05, 0.1) is 4.90 Å². The van der Waals surface area contributed by atoms with Gasteiger partial charge in [-0.3, -0.25) is 0 Å². The minimum absolute atomic E-state index is 0.0517. The molecule has 0 amide bonds. The molecule has 0 unspecified atom stereocenters. The number of hydrogen-bond donors (Lipinski definition) is 2. The number of halogens is 1. The minimum atomic E-state index is -3.98. The van der Waals surface area contributed by atoms with Crippen molar-refractivity contribution in [2.24, 2.45) is 5.73 Å². The summed E-state index contributed by atoms with van der Waals surface area (Å²) < 4.78 is 62.6. The topological polar surface area (TPSA) is 106 Å². The van der Waals surface area contributed by atoms with E-state index in [0.29, 0.717) is 6.07 Å². The Labute approximate surface area is 118 Å². The zero-order valence-corrected chi connectivity index (χ0v) is 13.0. The van der Waals surface area contributed by atoms with Gasteiger partial charge in [-0.2, -0.15) is 0 Å². The standard InChI is InChI=1S/C11H17FN2O4S2/c1-11(2,7-13)14-20(17,18)8-4-5-10(9(12)6-8)19(3,15)16/h4-6,14H,7,13H2,1-3H3. The minimum Gasteiger partial charge on any atom is -0.329 e. The van der Waals surface area contributed by atoms with Gasteiger partial charge in [0.1, 0.15) is 10.7 Å². The average Bonchev–Trinajstić information content (AvgIpc) is 2.25. The summed E-state index contributed by atoms with van der Waals surface area (Å²) in [4.78, 5) is -0.904. The SMILES string of the molecule is CC(C)(CN)NS(=O)(=O)c1ccc(S(C)(=O)=O)c(F)c1. The van der Waals surface area contributed by atoms with Crippen LogP contribution in [0.3, 0.4) is 0 Å². The van der Waals surface area contributed by atoms with Gasteiger partial charge < -0.3 is 5.73 Å². The monoisotopic (exact) mass is 324 g/mol. The highest BCUT2D eigenvalue weighted by molar-refractivity contribution is 7.90. The summed E-state index contributed by atoms with van der Waals surface area (Å²) in [5.74, 6) is -1.11. The van der Waals surface area contributed by atoms with E-state index in [1.165, 1.54) is 0 Å². The third-order valence-corrected chi connectivity index (χ3v) is 5.36. The lowest BCUT2D eigenvalue weighted by Gasteiger charge is -2.23. The summed E-state index contributed by atoms with van der Waals surface area (Å²) in [6, 6.07) is 2.63. The van der Waals surface area contributed by atoms with Crippen LogP contribution in [0.2, 0.25) is 0 Å². The maximum Gasteiger partial charge on any atom is 0.241 e. The molecule has 1 rings (SSSR count). The Balaban J connectivity index is 3.26. The Kier molecular flexibility index (Phi) is 4.59. The van der Waals surface area contributed by atoms with Crippen molar-refractivity contribution in [3.05, 3.63) is 24.0 Å². The Morgan fingerprint density at radius 1 is 1.25 bits per heavy atom. The van der Waals surface area contributed by atoms with Gasteiger partial charge in [0.15, 0.2) is 9.84 Å². The molecular weight excluding hydrogens is 307 g/mol. The molecule has 0 aliphatic rings. The molecule has 0 aliphatic carbocycles. The van der Waals surface area contributed by atoms with Crippen LogP contribution in [0, 0.1) is 5.82 Å². The van der Waals surface area contributed by atoms with Crippen molar-refractivity contribution in [1.29, 1.82) is 0 Å². The molecule has 0 bridgehead atoms. The van der Waals surface area contributed by atoms with Crippen LogP contribution < -0.4 is 10.5 Å². The van der Waals surface area contributed by atoms with Gasteiger partial charge in [0.2, 0.25) is 10.0 Å². The number of rotatable bonds is 5. The molecular formula is C11H17FN2O4S2. The Morgan fingerprint density at radius 3 is 2.20 bits per heavy atom. The molecule has 1 aromatic carbocycles. The normalized spacial score (nSPS) is 13.4. The van der Waals surface area contributed by atoms with E-state index in [9.17, 15) is 21.2 Å². The maximum atomic E-state index is 13.7. The van der Waals surface area contributed by atoms with Crippen molar-refractivity contribution in [3.8, 4) is 0 Å². The van der Waals surface area contributed by atoms with Crippen molar-refractivity contribution in [3.63, 3.8) is 0 Å². The third-order valence-electron chi connectivity index (χ3n) is 2.53. The van der Waals surface area contributed by atoms with Crippen molar-refractivity contribution in [2.75, 3.05) is 12.8 Å². The molecule has 20 heavy (non-hydrogen) atoms. The highest BCUT2D eigenvalue weighted by Crippen LogP contribution is 2.20. The molecule has 0 saturated heterocycles. The van der Waals surface area contributed by atoms with Crippen LogP contribution >= 0.6 is 0 Å². The van der Waals surface area contributed by atoms with Gasteiger partial charge in [-0.15, -0.1) is 0 Å². The van der Waals surface area contributed by atoms with Crippen LogP contribution in [0.1, 0.15) is 13.8 Å². The lowest BCUT2D eigenvalue weighted by atomic mass is 10.1. The molecule has 114 valence electrons.